The number of nitrogens with zero attached hydrogens (tertiary/aromatic N) is 1. The molecule has 3 nitrogen and oxygen atoms in total. The van der Waals surface area contributed by atoms with Gasteiger partial charge in [-0.1, -0.05) is 36.9 Å². The summed E-state index contributed by atoms with van der Waals surface area (Å²) in [7, 11) is 1.34. The minimum atomic E-state index is -0.452. The van der Waals surface area contributed by atoms with Crippen molar-refractivity contribution in [2.45, 2.75) is 6.92 Å². The Morgan fingerprint density at radius 1 is 1.44 bits per heavy atom. The Bertz CT molecular complexity index is 410. The van der Waals surface area contributed by atoms with Crippen molar-refractivity contribution in [3.05, 3.63) is 48.7 Å². The van der Waals surface area contributed by atoms with E-state index in [1.165, 1.54) is 18.2 Å². The first kappa shape index (κ1) is 12.0. The zero-order valence-electron chi connectivity index (χ0n) is 9.51. The molecule has 0 unspecified atom stereocenters. The molecule has 1 amide bonds. The van der Waals surface area contributed by atoms with E-state index in [4.69, 9.17) is 0 Å². The number of benzene rings is 1. The fraction of sp³-hybridized carbons (Fsp3) is 0.154. The van der Waals surface area contributed by atoms with Crippen molar-refractivity contribution in [3.8, 4) is 0 Å². The number of carbonyl (C=O) groups is 1. The summed E-state index contributed by atoms with van der Waals surface area (Å²) in [6.45, 7) is 5.53. The first-order chi connectivity index (χ1) is 7.74. The van der Waals surface area contributed by atoms with E-state index in [-0.39, 0.29) is 0 Å². The maximum absolute atomic E-state index is 11.5. The molecule has 0 heterocycles. The molecule has 84 valence electrons. The van der Waals surface area contributed by atoms with Crippen LogP contribution in [0.25, 0.3) is 6.08 Å². The lowest BCUT2D eigenvalue weighted by molar-refractivity contribution is 0.181. The standard InChI is InChI=1S/C13H15NO2/c1-4-8-11-9-6-7-10-12(11)14(5-2)13(15)16-3/h4-10H,2H2,1,3H3/b8-4+. The first-order valence-corrected chi connectivity index (χ1v) is 4.96. The van der Waals surface area contributed by atoms with Gasteiger partial charge in [0.1, 0.15) is 0 Å². The molecule has 0 N–H and O–H groups in total. The van der Waals surface area contributed by atoms with Crippen LogP contribution in [0.1, 0.15) is 12.5 Å². The number of methoxy groups -OCH3 is 1. The Kier molecular flexibility index (Phi) is 4.33. The molecule has 0 fully saturated rings. The first-order valence-electron chi connectivity index (χ1n) is 4.96. The highest BCUT2D eigenvalue weighted by atomic mass is 16.5. The Balaban J connectivity index is 3.18. The van der Waals surface area contributed by atoms with E-state index in [2.05, 4.69) is 11.3 Å². The molecule has 3 heteroatoms. The van der Waals surface area contributed by atoms with Crippen LogP contribution in [0.3, 0.4) is 0 Å². The molecule has 0 aromatic heterocycles. The molecular weight excluding hydrogens is 202 g/mol. The van der Waals surface area contributed by atoms with Gasteiger partial charge < -0.3 is 4.74 Å². The average molecular weight is 217 g/mol. The van der Waals surface area contributed by atoms with Crippen molar-refractivity contribution in [2.24, 2.45) is 0 Å². The van der Waals surface area contributed by atoms with Gasteiger partial charge >= 0.3 is 6.09 Å². The monoisotopic (exact) mass is 217 g/mol. The quantitative estimate of drug-likeness (QED) is 0.776. The van der Waals surface area contributed by atoms with E-state index >= 15 is 0 Å². The lowest BCUT2D eigenvalue weighted by Crippen LogP contribution is -2.25. The number of para-hydroxylation sites is 1. The average Bonchev–Trinajstić information content (AvgIpc) is 2.32. The van der Waals surface area contributed by atoms with Crippen molar-refractivity contribution in [1.29, 1.82) is 0 Å². The molecular formula is C13H15NO2. The predicted octanol–water partition coefficient (Wildman–Crippen LogP) is 3.44. The highest BCUT2D eigenvalue weighted by molar-refractivity contribution is 5.92. The minimum absolute atomic E-state index is 0.452. The summed E-state index contributed by atoms with van der Waals surface area (Å²) in [5.41, 5.74) is 1.69. The van der Waals surface area contributed by atoms with Gasteiger partial charge in [0.05, 0.1) is 12.8 Å². The van der Waals surface area contributed by atoms with Gasteiger partial charge in [-0.3, -0.25) is 4.90 Å². The normalized spacial score (nSPS) is 10.1. The minimum Gasteiger partial charge on any atom is -0.452 e. The van der Waals surface area contributed by atoms with Crippen molar-refractivity contribution in [3.63, 3.8) is 0 Å². The highest BCUT2D eigenvalue weighted by Gasteiger charge is 2.14. The maximum Gasteiger partial charge on any atom is 0.418 e. The van der Waals surface area contributed by atoms with E-state index < -0.39 is 6.09 Å². The van der Waals surface area contributed by atoms with Crippen LogP contribution in [0.2, 0.25) is 0 Å². The van der Waals surface area contributed by atoms with E-state index in [0.29, 0.717) is 0 Å². The van der Waals surface area contributed by atoms with Gasteiger partial charge in [-0.2, -0.15) is 0 Å². The van der Waals surface area contributed by atoms with Gasteiger partial charge in [-0.25, -0.2) is 4.79 Å². The summed E-state index contributed by atoms with van der Waals surface area (Å²) in [6.07, 6.45) is 4.83. The van der Waals surface area contributed by atoms with Crippen LogP contribution in [0.15, 0.2) is 43.1 Å². The number of allylic oxidation sites excluding steroid dienone is 1. The largest absolute Gasteiger partial charge is 0.452 e. The summed E-state index contributed by atoms with van der Waals surface area (Å²) >= 11 is 0. The molecule has 0 atom stereocenters. The molecule has 0 saturated heterocycles. The summed E-state index contributed by atoms with van der Waals surface area (Å²) in [6, 6.07) is 7.54. The Labute approximate surface area is 95.6 Å². The molecule has 0 aliphatic rings. The van der Waals surface area contributed by atoms with Crippen LogP contribution in [0.4, 0.5) is 10.5 Å². The summed E-state index contributed by atoms with van der Waals surface area (Å²) in [5, 5.41) is 0. The fourth-order valence-corrected chi connectivity index (χ4v) is 1.40. The van der Waals surface area contributed by atoms with Crippen LogP contribution in [0, 0.1) is 0 Å². The predicted molar refractivity (Wildman–Crippen MR) is 66.2 cm³/mol. The van der Waals surface area contributed by atoms with Crippen molar-refractivity contribution in [1.82, 2.24) is 0 Å². The zero-order valence-corrected chi connectivity index (χ0v) is 9.51. The molecule has 1 aromatic rings. The molecule has 0 spiro atoms. The van der Waals surface area contributed by atoms with Crippen LogP contribution in [0.5, 0.6) is 0 Å². The summed E-state index contributed by atoms with van der Waals surface area (Å²) in [5.74, 6) is 0. The number of hydrogen-bond donors (Lipinski definition) is 0. The van der Waals surface area contributed by atoms with Crippen LogP contribution in [-0.2, 0) is 4.74 Å². The SMILES string of the molecule is C=CN(C(=O)OC)c1ccccc1/C=C/C. The van der Waals surface area contributed by atoms with Gasteiger partial charge in [-0.15, -0.1) is 0 Å². The van der Waals surface area contributed by atoms with E-state index in [1.807, 2.05) is 43.3 Å². The van der Waals surface area contributed by atoms with Crippen molar-refractivity contribution < 1.29 is 9.53 Å². The molecule has 0 radical (unpaired) electrons. The second-order valence-corrected chi connectivity index (χ2v) is 3.08. The van der Waals surface area contributed by atoms with Crippen LogP contribution < -0.4 is 4.90 Å². The van der Waals surface area contributed by atoms with Gasteiger partial charge in [0, 0.05) is 6.20 Å². The lowest BCUT2D eigenvalue weighted by atomic mass is 10.1. The molecule has 1 aromatic carbocycles. The summed E-state index contributed by atoms with van der Waals surface area (Å²) in [4.78, 5) is 12.9. The number of rotatable bonds is 3. The lowest BCUT2D eigenvalue weighted by Gasteiger charge is -2.18. The molecule has 0 aliphatic heterocycles. The van der Waals surface area contributed by atoms with Gasteiger partial charge in [0.25, 0.3) is 0 Å². The van der Waals surface area contributed by atoms with Gasteiger partial charge in [-0.05, 0) is 18.6 Å². The van der Waals surface area contributed by atoms with E-state index in [0.717, 1.165) is 11.3 Å². The van der Waals surface area contributed by atoms with Crippen molar-refractivity contribution >= 4 is 17.9 Å². The molecule has 16 heavy (non-hydrogen) atoms. The van der Waals surface area contributed by atoms with Gasteiger partial charge in [0.15, 0.2) is 0 Å². The number of hydrogen-bond acceptors (Lipinski definition) is 2. The molecule has 1 rings (SSSR count). The third kappa shape index (κ3) is 2.51. The molecule has 0 bridgehead atoms. The van der Waals surface area contributed by atoms with Crippen LogP contribution >= 0.6 is 0 Å². The fourth-order valence-electron chi connectivity index (χ4n) is 1.40. The number of amides is 1. The zero-order chi connectivity index (χ0) is 12.0. The number of carbonyl (C=O) groups excluding carboxylic acids is 1. The molecule has 0 aliphatic carbocycles. The highest BCUT2D eigenvalue weighted by Crippen LogP contribution is 2.22. The number of ether oxygens (including phenoxy) is 1. The third-order valence-electron chi connectivity index (χ3n) is 2.10. The van der Waals surface area contributed by atoms with Crippen molar-refractivity contribution in [2.75, 3.05) is 12.0 Å². The Morgan fingerprint density at radius 3 is 2.69 bits per heavy atom. The second-order valence-electron chi connectivity index (χ2n) is 3.08. The topological polar surface area (TPSA) is 29.5 Å². The van der Waals surface area contributed by atoms with Crippen LogP contribution in [-0.4, -0.2) is 13.2 Å². The summed E-state index contributed by atoms with van der Waals surface area (Å²) < 4.78 is 4.68. The van der Waals surface area contributed by atoms with E-state index in [1.54, 1.807) is 0 Å². The second kappa shape index (κ2) is 5.75. The molecule has 0 saturated carbocycles. The van der Waals surface area contributed by atoms with Gasteiger partial charge in [0.2, 0.25) is 0 Å². The smallest absolute Gasteiger partial charge is 0.418 e. The third-order valence-corrected chi connectivity index (χ3v) is 2.10. The maximum atomic E-state index is 11.5. The van der Waals surface area contributed by atoms with E-state index in [9.17, 15) is 4.79 Å². The Morgan fingerprint density at radius 2 is 2.12 bits per heavy atom. The number of anilines is 1. The Hall–Kier alpha value is -2.03.